The van der Waals surface area contributed by atoms with Crippen LogP contribution in [0.4, 0.5) is 11.4 Å². The molecule has 1 aromatic rings. The lowest BCUT2D eigenvalue weighted by molar-refractivity contribution is -0.122. The lowest BCUT2D eigenvalue weighted by atomic mass is 9.97. The number of hydrogen-bond donors (Lipinski definition) is 1. The Morgan fingerprint density at radius 2 is 1.69 bits per heavy atom. The van der Waals surface area contributed by atoms with Gasteiger partial charge >= 0.3 is 0 Å². The van der Waals surface area contributed by atoms with Gasteiger partial charge in [-0.05, 0) is 49.8 Å². The summed E-state index contributed by atoms with van der Waals surface area (Å²) in [4.78, 5) is 27.5. The summed E-state index contributed by atoms with van der Waals surface area (Å²) in [5, 5.41) is 2.98. The van der Waals surface area contributed by atoms with Crippen LogP contribution in [-0.4, -0.2) is 50.4 Å². The molecule has 158 valence electrons. The molecule has 1 aromatic carbocycles. The van der Waals surface area contributed by atoms with Gasteiger partial charge in [-0.2, -0.15) is 0 Å². The summed E-state index contributed by atoms with van der Waals surface area (Å²) in [5.74, 6) is 0.0827. The van der Waals surface area contributed by atoms with E-state index < -0.39 is 10.0 Å². The molecule has 0 spiro atoms. The Hall–Kier alpha value is -1.93. The van der Waals surface area contributed by atoms with Crippen molar-refractivity contribution in [2.75, 3.05) is 36.1 Å². The molecule has 4 rings (SSSR count). The van der Waals surface area contributed by atoms with Gasteiger partial charge in [-0.25, -0.2) is 12.7 Å². The molecule has 29 heavy (non-hydrogen) atoms. The van der Waals surface area contributed by atoms with Gasteiger partial charge in [0, 0.05) is 42.8 Å². The van der Waals surface area contributed by atoms with Crippen LogP contribution >= 0.6 is 0 Å². The fourth-order valence-corrected chi connectivity index (χ4v) is 5.65. The molecule has 0 aromatic heterocycles. The third kappa shape index (κ3) is 4.33. The SMILES string of the molecule is CS(=O)(=O)N1CCC(C(=O)Nc2ccc3c(c2)N(C(=O)C2CCCC2)CC3)CC1. The summed E-state index contributed by atoms with van der Waals surface area (Å²) in [6, 6.07) is 5.81. The number of hydrogen-bond acceptors (Lipinski definition) is 4. The van der Waals surface area contributed by atoms with Crippen molar-refractivity contribution < 1.29 is 18.0 Å². The number of carbonyl (C=O) groups excluding carboxylic acids is 2. The lowest BCUT2D eigenvalue weighted by Gasteiger charge is -2.29. The number of amides is 2. The van der Waals surface area contributed by atoms with Crippen LogP contribution < -0.4 is 10.2 Å². The standard InChI is InChI=1S/C21H29N3O4S/c1-29(27,28)23-11-8-16(9-12-23)20(25)22-18-7-6-15-10-13-24(19(15)14-18)21(26)17-4-2-3-5-17/h6-7,14,16-17H,2-5,8-13H2,1H3,(H,22,25). The van der Waals surface area contributed by atoms with Gasteiger partial charge in [0.25, 0.3) is 0 Å². The number of anilines is 2. The van der Waals surface area contributed by atoms with Gasteiger partial charge < -0.3 is 10.2 Å². The molecule has 1 saturated carbocycles. The van der Waals surface area contributed by atoms with Crippen molar-refractivity contribution in [1.29, 1.82) is 0 Å². The van der Waals surface area contributed by atoms with Crippen molar-refractivity contribution in [3.63, 3.8) is 0 Å². The van der Waals surface area contributed by atoms with Crippen LogP contribution in [0.5, 0.6) is 0 Å². The molecule has 3 aliphatic rings. The highest BCUT2D eigenvalue weighted by atomic mass is 32.2. The van der Waals surface area contributed by atoms with Gasteiger partial charge in [0.15, 0.2) is 0 Å². The number of sulfonamides is 1. The summed E-state index contributed by atoms with van der Waals surface area (Å²) in [5.41, 5.74) is 2.77. The van der Waals surface area contributed by atoms with E-state index in [4.69, 9.17) is 0 Å². The van der Waals surface area contributed by atoms with Gasteiger partial charge in [0.1, 0.15) is 0 Å². The molecule has 1 N–H and O–H groups in total. The van der Waals surface area contributed by atoms with Crippen LogP contribution in [0.1, 0.15) is 44.1 Å². The summed E-state index contributed by atoms with van der Waals surface area (Å²) in [7, 11) is -3.20. The monoisotopic (exact) mass is 419 g/mol. The highest BCUT2D eigenvalue weighted by Gasteiger charge is 2.32. The van der Waals surface area contributed by atoms with Crippen molar-refractivity contribution in [2.24, 2.45) is 11.8 Å². The minimum atomic E-state index is -3.20. The maximum atomic E-state index is 12.9. The van der Waals surface area contributed by atoms with E-state index in [1.165, 1.54) is 10.6 Å². The third-order valence-electron chi connectivity index (χ3n) is 6.51. The van der Waals surface area contributed by atoms with Crippen molar-refractivity contribution >= 4 is 33.2 Å². The summed E-state index contributed by atoms with van der Waals surface area (Å²) >= 11 is 0. The number of benzene rings is 1. The van der Waals surface area contributed by atoms with Crippen LogP contribution in [0, 0.1) is 11.8 Å². The van der Waals surface area contributed by atoms with Crippen LogP contribution in [0.2, 0.25) is 0 Å². The molecule has 2 heterocycles. The molecule has 0 radical (unpaired) electrons. The minimum absolute atomic E-state index is 0.0789. The van der Waals surface area contributed by atoms with E-state index in [2.05, 4.69) is 5.32 Å². The highest BCUT2D eigenvalue weighted by molar-refractivity contribution is 7.88. The molecule has 0 unspecified atom stereocenters. The molecule has 7 nitrogen and oxygen atoms in total. The molecule has 0 atom stereocenters. The zero-order valence-electron chi connectivity index (χ0n) is 16.9. The van der Waals surface area contributed by atoms with Gasteiger partial charge in [-0.3, -0.25) is 9.59 Å². The normalized spacial score (nSPS) is 21.3. The Labute approximate surface area is 172 Å². The van der Waals surface area contributed by atoms with Gasteiger partial charge in [-0.1, -0.05) is 18.9 Å². The van der Waals surface area contributed by atoms with E-state index >= 15 is 0 Å². The molecular weight excluding hydrogens is 390 g/mol. The Balaban J connectivity index is 1.41. The second-order valence-electron chi connectivity index (χ2n) is 8.49. The molecule has 2 amide bonds. The quantitative estimate of drug-likeness (QED) is 0.812. The first kappa shape index (κ1) is 20.3. The Morgan fingerprint density at radius 1 is 1.00 bits per heavy atom. The Morgan fingerprint density at radius 3 is 2.34 bits per heavy atom. The molecule has 1 aliphatic carbocycles. The van der Waals surface area contributed by atoms with Crippen LogP contribution in [0.15, 0.2) is 18.2 Å². The lowest BCUT2D eigenvalue weighted by Crippen LogP contribution is -2.40. The van der Waals surface area contributed by atoms with E-state index in [0.29, 0.717) is 38.2 Å². The highest BCUT2D eigenvalue weighted by Crippen LogP contribution is 2.35. The fourth-order valence-electron chi connectivity index (χ4n) is 4.77. The molecule has 0 bridgehead atoms. The number of fused-ring (bicyclic) bond motifs is 1. The van der Waals surface area contributed by atoms with Gasteiger partial charge in [-0.15, -0.1) is 0 Å². The Kier molecular flexibility index (Phi) is 5.66. The minimum Gasteiger partial charge on any atom is -0.326 e. The smallest absolute Gasteiger partial charge is 0.230 e. The number of piperidine rings is 1. The first-order chi connectivity index (χ1) is 13.8. The molecular formula is C21H29N3O4S. The third-order valence-corrected chi connectivity index (χ3v) is 7.82. The number of nitrogens with zero attached hydrogens (tertiary/aromatic N) is 2. The van der Waals surface area contributed by atoms with E-state index in [0.717, 1.165) is 43.4 Å². The van der Waals surface area contributed by atoms with Crippen LogP contribution in [0.25, 0.3) is 0 Å². The average Bonchev–Trinajstić information content (AvgIpc) is 3.37. The van der Waals surface area contributed by atoms with Crippen LogP contribution in [0.3, 0.4) is 0 Å². The predicted molar refractivity (Wildman–Crippen MR) is 112 cm³/mol. The molecule has 2 aliphatic heterocycles. The number of carbonyl (C=O) groups is 2. The zero-order chi connectivity index (χ0) is 20.6. The van der Waals surface area contributed by atoms with Gasteiger partial charge in [0.2, 0.25) is 21.8 Å². The van der Waals surface area contributed by atoms with Gasteiger partial charge in [0.05, 0.1) is 6.26 Å². The topological polar surface area (TPSA) is 86.8 Å². The first-order valence-corrected chi connectivity index (χ1v) is 12.4. The second kappa shape index (κ2) is 8.07. The number of rotatable bonds is 4. The van der Waals surface area contributed by atoms with E-state index in [9.17, 15) is 18.0 Å². The van der Waals surface area contributed by atoms with Crippen LogP contribution in [-0.2, 0) is 26.0 Å². The molecule has 1 saturated heterocycles. The number of nitrogens with one attached hydrogen (secondary N) is 1. The molecule has 8 heteroatoms. The maximum Gasteiger partial charge on any atom is 0.230 e. The first-order valence-electron chi connectivity index (χ1n) is 10.5. The second-order valence-corrected chi connectivity index (χ2v) is 10.5. The summed E-state index contributed by atoms with van der Waals surface area (Å²) in [6.45, 7) is 1.47. The maximum absolute atomic E-state index is 12.9. The van der Waals surface area contributed by atoms with E-state index in [1.807, 2.05) is 23.1 Å². The Bertz CT molecular complexity index is 901. The van der Waals surface area contributed by atoms with Crippen molar-refractivity contribution in [3.05, 3.63) is 23.8 Å². The fraction of sp³-hybridized carbons (Fsp3) is 0.619. The van der Waals surface area contributed by atoms with Crippen molar-refractivity contribution in [3.8, 4) is 0 Å². The van der Waals surface area contributed by atoms with Crippen molar-refractivity contribution in [2.45, 2.75) is 44.9 Å². The summed E-state index contributed by atoms with van der Waals surface area (Å²) < 4.78 is 24.7. The average molecular weight is 420 g/mol. The predicted octanol–water partition coefficient (Wildman–Crippen LogP) is 2.38. The summed E-state index contributed by atoms with van der Waals surface area (Å²) in [6.07, 6.45) is 7.33. The zero-order valence-corrected chi connectivity index (χ0v) is 17.7. The van der Waals surface area contributed by atoms with E-state index in [1.54, 1.807) is 0 Å². The molecule has 2 fully saturated rings. The van der Waals surface area contributed by atoms with Crippen molar-refractivity contribution in [1.82, 2.24) is 4.31 Å². The van der Waals surface area contributed by atoms with E-state index in [-0.39, 0.29) is 23.7 Å². The largest absolute Gasteiger partial charge is 0.326 e.